The molecule has 104 valence electrons. The third kappa shape index (κ3) is 3.20. The number of piperidine rings is 1. The van der Waals surface area contributed by atoms with Crippen molar-refractivity contribution in [1.82, 2.24) is 9.97 Å². The monoisotopic (exact) mass is 265 g/mol. The third-order valence-corrected chi connectivity index (χ3v) is 3.14. The van der Waals surface area contributed by atoms with Gasteiger partial charge in [-0.15, -0.1) is 0 Å². The van der Waals surface area contributed by atoms with E-state index in [0.29, 0.717) is 11.6 Å². The van der Waals surface area contributed by atoms with E-state index >= 15 is 0 Å². The first-order valence-corrected chi connectivity index (χ1v) is 6.65. The molecule has 0 aromatic carbocycles. The Hall–Kier alpha value is -1.69. The van der Waals surface area contributed by atoms with Crippen molar-refractivity contribution in [3.05, 3.63) is 17.5 Å². The molecular formula is C13H19N3O3. The Morgan fingerprint density at radius 3 is 2.79 bits per heavy atom. The summed E-state index contributed by atoms with van der Waals surface area (Å²) in [5.41, 5.74) is 0.569. The van der Waals surface area contributed by atoms with Crippen molar-refractivity contribution in [3.8, 4) is 0 Å². The van der Waals surface area contributed by atoms with Crippen molar-refractivity contribution < 1.29 is 14.6 Å². The fourth-order valence-corrected chi connectivity index (χ4v) is 2.15. The van der Waals surface area contributed by atoms with Gasteiger partial charge in [0.2, 0.25) is 5.95 Å². The lowest BCUT2D eigenvalue weighted by atomic mass is 10.1. The summed E-state index contributed by atoms with van der Waals surface area (Å²) in [5.74, 6) is 0.0912. The fourth-order valence-electron chi connectivity index (χ4n) is 2.15. The number of carbonyl (C=O) groups is 1. The molecule has 0 aliphatic carbocycles. The van der Waals surface area contributed by atoms with Crippen LogP contribution in [0.1, 0.15) is 42.2 Å². The van der Waals surface area contributed by atoms with Crippen molar-refractivity contribution in [2.75, 3.05) is 24.6 Å². The SMILES string of the molecule is CCOC(=O)c1cnc(N2CCCCC2)nc1CO. The number of aromatic nitrogens is 2. The first-order valence-electron chi connectivity index (χ1n) is 6.65. The molecule has 0 atom stereocenters. The van der Waals surface area contributed by atoms with Crippen LogP contribution < -0.4 is 4.90 Å². The van der Waals surface area contributed by atoms with E-state index in [1.807, 2.05) is 0 Å². The van der Waals surface area contributed by atoms with E-state index in [-0.39, 0.29) is 18.8 Å². The highest BCUT2D eigenvalue weighted by Crippen LogP contribution is 2.17. The van der Waals surface area contributed by atoms with Gasteiger partial charge in [-0.05, 0) is 26.2 Å². The zero-order chi connectivity index (χ0) is 13.7. The zero-order valence-corrected chi connectivity index (χ0v) is 11.1. The summed E-state index contributed by atoms with van der Waals surface area (Å²) < 4.78 is 4.91. The summed E-state index contributed by atoms with van der Waals surface area (Å²) in [5, 5.41) is 9.34. The Morgan fingerprint density at radius 2 is 2.16 bits per heavy atom. The van der Waals surface area contributed by atoms with Crippen molar-refractivity contribution in [2.24, 2.45) is 0 Å². The Labute approximate surface area is 112 Å². The second-order valence-corrected chi connectivity index (χ2v) is 4.46. The fraction of sp³-hybridized carbons (Fsp3) is 0.615. The highest BCUT2D eigenvalue weighted by Gasteiger charge is 2.18. The standard InChI is InChI=1S/C13H19N3O3/c1-2-19-12(18)10-8-14-13(15-11(10)9-17)16-6-4-3-5-7-16/h8,17H,2-7,9H2,1H3. The van der Waals surface area contributed by atoms with Crippen LogP contribution in [0.3, 0.4) is 0 Å². The number of aliphatic hydroxyl groups excluding tert-OH is 1. The molecule has 1 aliphatic heterocycles. The molecule has 1 aromatic rings. The highest BCUT2D eigenvalue weighted by atomic mass is 16.5. The maximum Gasteiger partial charge on any atom is 0.341 e. The molecule has 0 unspecified atom stereocenters. The molecule has 2 heterocycles. The number of ether oxygens (including phenoxy) is 1. The van der Waals surface area contributed by atoms with Gasteiger partial charge in [-0.3, -0.25) is 0 Å². The van der Waals surface area contributed by atoms with Crippen LogP contribution in [0.4, 0.5) is 5.95 Å². The van der Waals surface area contributed by atoms with Crippen LogP contribution >= 0.6 is 0 Å². The maximum atomic E-state index is 11.7. The van der Waals surface area contributed by atoms with E-state index in [2.05, 4.69) is 14.9 Å². The van der Waals surface area contributed by atoms with Crippen LogP contribution in [0.2, 0.25) is 0 Å². The van der Waals surface area contributed by atoms with E-state index in [0.717, 1.165) is 25.9 Å². The first-order chi connectivity index (χ1) is 9.26. The average Bonchev–Trinajstić information content (AvgIpc) is 2.47. The molecule has 1 N–H and O–H groups in total. The van der Waals surface area contributed by atoms with Crippen LogP contribution in [-0.4, -0.2) is 40.7 Å². The molecule has 2 rings (SSSR count). The average molecular weight is 265 g/mol. The largest absolute Gasteiger partial charge is 0.462 e. The molecule has 19 heavy (non-hydrogen) atoms. The number of rotatable bonds is 4. The highest BCUT2D eigenvalue weighted by molar-refractivity contribution is 5.90. The predicted octanol–water partition coefficient (Wildman–Crippen LogP) is 1.14. The van der Waals surface area contributed by atoms with Crippen LogP contribution in [0.25, 0.3) is 0 Å². The molecule has 1 aromatic heterocycles. The lowest BCUT2D eigenvalue weighted by Crippen LogP contribution is -2.31. The van der Waals surface area contributed by atoms with Gasteiger partial charge >= 0.3 is 5.97 Å². The quantitative estimate of drug-likeness (QED) is 0.823. The minimum Gasteiger partial charge on any atom is -0.462 e. The van der Waals surface area contributed by atoms with E-state index in [9.17, 15) is 9.90 Å². The summed E-state index contributed by atoms with van der Waals surface area (Å²) in [6, 6.07) is 0. The molecule has 1 saturated heterocycles. The molecular weight excluding hydrogens is 246 g/mol. The number of anilines is 1. The van der Waals surface area contributed by atoms with Crippen LogP contribution in [0.5, 0.6) is 0 Å². The molecule has 6 nitrogen and oxygen atoms in total. The van der Waals surface area contributed by atoms with Gasteiger partial charge in [-0.25, -0.2) is 14.8 Å². The van der Waals surface area contributed by atoms with Crippen molar-refractivity contribution in [1.29, 1.82) is 0 Å². The minimum absolute atomic E-state index is 0.241. The van der Waals surface area contributed by atoms with Gasteiger partial charge in [0.1, 0.15) is 5.56 Å². The molecule has 0 bridgehead atoms. The number of hydrogen-bond donors (Lipinski definition) is 1. The van der Waals surface area contributed by atoms with Gasteiger partial charge in [0.05, 0.1) is 18.9 Å². The number of esters is 1. The van der Waals surface area contributed by atoms with Crippen LogP contribution in [0.15, 0.2) is 6.20 Å². The van der Waals surface area contributed by atoms with Crippen molar-refractivity contribution in [3.63, 3.8) is 0 Å². The topological polar surface area (TPSA) is 75.5 Å². The van der Waals surface area contributed by atoms with Crippen molar-refractivity contribution >= 4 is 11.9 Å². The Bertz CT molecular complexity index is 445. The zero-order valence-electron chi connectivity index (χ0n) is 11.1. The smallest absolute Gasteiger partial charge is 0.341 e. The van der Waals surface area contributed by atoms with Gasteiger partial charge in [0, 0.05) is 19.3 Å². The summed E-state index contributed by atoms with van der Waals surface area (Å²) >= 11 is 0. The van der Waals surface area contributed by atoms with Gasteiger partial charge in [0.15, 0.2) is 0 Å². The molecule has 1 fully saturated rings. The van der Waals surface area contributed by atoms with Gasteiger partial charge in [0.25, 0.3) is 0 Å². The van der Waals surface area contributed by atoms with Crippen LogP contribution in [0, 0.1) is 0 Å². The predicted molar refractivity (Wildman–Crippen MR) is 70.0 cm³/mol. The molecule has 0 saturated carbocycles. The normalized spacial score (nSPS) is 15.4. The number of nitrogens with zero attached hydrogens (tertiary/aromatic N) is 3. The summed E-state index contributed by atoms with van der Waals surface area (Å²) in [7, 11) is 0. The van der Waals surface area contributed by atoms with Gasteiger partial charge in [-0.1, -0.05) is 0 Å². The van der Waals surface area contributed by atoms with E-state index in [1.54, 1.807) is 6.92 Å². The molecule has 1 aliphatic rings. The second kappa shape index (κ2) is 6.47. The lowest BCUT2D eigenvalue weighted by molar-refractivity contribution is 0.0521. The lowest BCUT2D eigenvalue weighted by Gasteiger charge is -2.26. The molecule has 0 spiro atoms. The summed E-state index contributed by atoms with van der Waals surface area (Å²) in [4.78, 5) is 22.3. The van der Waals surface area contributed by atoms with Gasteiger partial charge in [-0.2, -0.15) is 0 Å². The number of aliphatic hydroxyl groups is 1. The Morgan fingerprint density at radius 1 is 1.42 bits per heavy atom. The maximum absolute atomic E-state index is 11.7. The van der Waals surface area contributed by atoms with Crippen molar-refractivity contribution in [2.45, 2.75) is 32.8 Å². The van der Waals surface area contributed by atoms with Gasteiger partial charge < -0.3 is 14.7 Å². The first kappa shape index (κ1) is 13.7. The molecule has 6 heteroatoms. The van der Waals surface area contributed by atoms with E-state index in [4.69, 9.17) is 4.74 Å². The second-order valence-electron chi connectivity index (χ2n) is 4.46. The summed E-state index contributed by atoms with van der Waals surface area (Å²) in [6.07, 6.45) is 4.92. The molecule has 0 radical (unpaired) electrons. The minimum atomic E-state index is -0.489. The molecule has 0 amide bonds. The number of hydrogen-bond acceptors (Lipinski definition) is 6. The third-order valence-electron chi connectivity index (χ3n) is 3.14. The van der Waals surface area contributed by atoms with E-state index < -0.39 is 5.97 Å². The number of carbonyl (C=O) groups excluding carboxylic acids is 1. The van der Waals surface area contributed by atoms with E-state index in [1.165, 1.54) is 12.6 Å². The Kier molecular flexibility index (Phi) is 4.68. The Balaban J connectivity index is 2.22. The van der Waals surface area contributed by atoms with Crippen LogP contribution in [-0.2, 0) is 11.3 Å². The summed E-state index contributed by atoms with van der Waals surface area (Å²) in [6.45, 7) is 3.57.